The van der Waals surface area contributed by atoms with Gasteiger partial charge in [0.1, 0.15) is 0 Å². The molecule has 1 amide bonds. The third-order valence-electron chi connectivity index (χ3n) is 4.72. The number of carbonyl (C=O) groups excluding carboxylic acids is 1. The summed E-state index contributed by atoms with van der Waals surface area (Å²) >= 11 is 0. The lowest BCUT2D eigenvalue weighted by Gasteiger charge is -2.24. The molecule has 2 heterocycles. The quantitative estimate of drug-likeness (QED) is 0.849. The third-order valence-corrected chi connectivity index (χ3v) is 4.72. The van der Waals surface area contributed by atoms with Gasteiger partial charge in [-0.05, 0) is 32.6 Å². The van der Waals surface area contributed by atoms with E-state index in [1.165, 1.54) is 15.5 Å². The number of aromatic amines is 1. The van der Waals surface area contributed by atoms with E-state index in [1.807, 2.05) is 0 Å². The molecule has 1 fully saturated rings. The van der Waals surface area contributed by atoms with Crippen LogP contribution in [0, 0.1) is 19.8 Å². The summed E-state index contributed by atoms with van der Waals surface area (Å²) < 4.78 is 39.2. The molecule has 9 heteroatoms. The fourth-order valence-electron chi connectivity index (χ4n) is 3.07. The van der Waals surface area contributed by atoms with E-state index in [2.05, 4.69) is 10.1 Å². The number of aryl methyl sites for hydroxylation is 2. The molecule has 3 rings (SSSR count). The molecular weight excluding hydrogens is 349 g/mol. The number of carbonyl (C=O) groups is 1. The lowest BCUT2D eigenvalue weighted by atomic mass is 10.1. The summed E-state index contributed by atoms with van der Waals surface area (Å²) in [6, 6.07) is 1.36. The lowest BCUT2D eigenvalue weighted by molar-refractivity contribution is -0.145. The highest BCUT2D eigenvalue weighted by atomic mass is 19.4. The van der Waals surface area contributed by atoms with E-state index in [1.54, 1.807) is 13.8 Å². The number of hydrogen-bond acceptors (Lipinski definition) is 3. The van der Waals surface area contributed by atoms with Crippen LogP contribution in [-0.2, 0) is 11.2 Å². The molecule has 0 saturated heterocycles. The van der Waals surface area contributed by atoms with Crippen molar-refractivity contribution in [2.75, 3.05) is 13.1 Å². The maximum atomic E-state index is 12.7. The number of fused-ring (bicyclic) bond motifs is 1. The molecular formula is C17H21F3N4O2. The largest absolute Gasteiger partial charge is 0.390 e. The Balaban J connectivity index is 1.81. The number of halogens is 3. The Labute approximate surface area is 148 Å². The normalized spacial score (nSPS) is 14.8. The monoisotopic (exact) mass is 370 g/mol. The van der Waals surface area contributed by atoms with E-state index in [0.29, 0.717) is 35.1 Å². The smallest absolute Gasteiger partial charge is 0.342 e. The highest BCUT2D eigenvalue weighted by molar-refractivity contribution is 5.79. The maximum Gasteiger partial charge on any atom is 0.390 e. The van der Waals surface area contributed by atoms with Crippen LogP contribution < -0.4 is 5.56 Å². The van der Waals surface area contributed by atoms with Crippen molar-refractivity contribution >= 4 is 11.6 Å². The van der Waals surface area contributed by atoms with Gasteiger partial charge in [-0.3, -0.25) is 14.7 Å². The summed E-state index contributed by atoms with van der Waals surface area (Å²) in [7, 11) is 0. The first kappa shape index (κ1) is 18.5. The SMILES string of the molecule is Cc1nc2cc(=O)[nH]n2c(C)c1CC(=O)N(CCC(F)(F)F)CC1CC1. The van der Waals surface area contributed by atoms with Crippen molar-refractivity contribution in [2.45, 2.75) is 45.7 Å². The van der Waals surface area contributed by atoms with Crippen molar-refractivity contribution in [1.29, 1.82) is 0 Å². The van der Waals surface area contributed by atoms with E-state index in [4.69, 9.17) is 0 Å². The van der Waals surface area contributed by atoms with Crippen LogP contribution >= 0.6 is 0 Å². The summed E-state index contributed by atoms with van der Waals surface area (Å²) in [4.78, 5) is 29.8. The first-order valence-corrected chi connectivity index (χ1v) is 8.56. The van der Waals surface area contributed by atoms with Gasteiger partial charge in [-0.2, -0.15) is 13.2 Å². The van der Waals surface area contributed by atoms with Gasteiger partial charge in [-0.1, -0.05) is 0 Å². The van der Waals surface area contributed by atoms with Crippen LogP contribution in [0.5, 0.6) is 0 Å². The molecule has 0 atom stereocenters. The molecule has 26 heavy (non-hydrogen) atoms. The first-order valence-electron chi connectivity index (χ1n) is 8.56. The molecule has 1 aliphatic rings. The molecule has 6 nitrogen and oxygen atoms in total. The van der Waals surface area contributed by atoms with Gasteiger partial charge in [0.05, 0.1) is 12.8 Å². The van der Waals surface area contributed by atoms with E-state index in [9.17, 15) is 22.8 Å². The van der Waals surface area contributed by atoms with Crippen LogP contribution in [0.1, 0.15) is 36.2 Å². The second kappa shape index (κ2) is 6.77. The molecule has 1 N–H and O–H groups in total. The van der Waals surface area contributed by atoms with Crippen molar-refractivity contribution in [3.63, 3.8) is 0 Å². The summed E-state index contributed by atoms with van der Waals surface area (Å²) in [5.74, 6) is -0.0428. The molecule has 0 spiro atoms. The highest BCUT2D eigenvalue weighted by Crippen LogP contribution is 2.31. The van der Waals surface area contributed by atoms with Crippen LogP contribution in [0.3, 0.4) is 0 Å². The van der Waals surface area contributed by atoms with Crippen molar-refractivity contribution < 1.29 is 18.0 Å². The number of hydrogen-bond donors (Lipinski definition) is 1. The van der Waals surface area contributed by atoms with Crippen molar-refractivity contribution in [2.24, 2.45) is 5.92 Å². The predicted molar refractivity (Wildman–Crippen MR) is 89.0 cm³/mol. The third kappa shape index (κ3) is 4.25. The van der Waals surface area contributed by atoms with Crippen LogP contribution in [0.25, 0.3) is 5.65 Å². The van der Waals surface area contributed by atoms with E-state index in [0.717, 1.165) is 12.8 Å². The van der Waals surface area contributed by atoms with Crippen LogP contribution in [-0.4, -0.2) is 44.7 Å². The second-order valence-corrected chi connectivity index (χ2v) is 6.90. The number of nitrogens with one attached hydrogen (secondary N) is 1. The fourth-order valence-corrected chi connectivity index (χ4v) is 3.07. The average molecular weight is 370 g/mol. The molecule has 1 aliphatic carbocycles. The summed E-state index contributed by atoms with van der Waals surface area (Å²) in [6.45, 7) is 3.52. The minimum absolute atomic E-state index is 0.0363. The summed E-state index contributed by atoms with van der Waals surface area (Å²) in [6.07, 6.45) is -3.44. The molecule has 142 valence electrons. The lowest BCUT2D eigenvalue weighted by Crippen LogP contribution is -2.37. The second-order valence-electron chi connectivity index (χ2n) is 6.90. The molecule has 2 aromatic heterocycles. The Bertz CT molecular complexity index is 880. The number of aromatic nitrogens is 3. The molecule has 1 saturated carbocycles. The van der Waals surface area contributed by atoms with Gasteiger partial charge in [-0.25, -0.2) is 9.50 Å². The number of rotatable bonds is 6. The number of H-pyrrole nitrogens is 1. The minimum atomic E-state index is -4.29. The molecule has 0 aliphatic heterocycles. The van der Waals surface area contributed by atoms with Gasteiger partial charge in [0.25, 0.3) is 5.56 Å². The first-order chi connectivity index (χ1) is 12.1. The van der Waals surface area contributed by atoms with Gasteiger partial charge >= 0.3 is 6.18 Å². The predicted octanol–water partition coefficient (Wildman–Crippen LogP) is 2.37. The van der Waals surface area contributed by atoms with Crippen molar-refractivity contribution in [1.82, 2.24) is 19.5 Å². The zero-order chi connectivity index (χ0) is 19.1. The molecule has 0 radical (unpaired) electrons. The Hall–Kier alpha value is -2.32. The maximum absolute atomic E-state index is 12.7. The molecule has 0 bridgehead atoms. The Morgan fingerprint density at radius 1 is 1.38 bits per heavy atom. The van der Waals surface area contributed by atoms with E-state index < -0.39 is 12.6 Å². The van der Waals surface area contributed by atoms with Crippen molar-refractivity contribution in [3.05, 3.63) is 33.4 Å². The average Bonchev–Trinajstić information content (AvgIpc) is 3.27. The van der Waals surface area contributed by atoms with Gasteiger partial charge < -0.3 is 4.90 Å². The standard InChI is InChI=1S/C17H21F3N4O2/c1-10-13(11(2)24-14(21-10)8-15(25)22-24)7-16(26)23(9-12-3-4-12)6-5-17(18,19)20/h8,12H,3-7,9H2,1-2H3,(H,22,25). The van der Waals surface area contributed by atoms with Gasteiger partial charge in [0.15, 0.2) is 5.65 Å². The van der Waals surface area contributed by atoms with Crippen LogP contribution in [0.2, 0.25) is 0 Å². The van der Waals surface area contributed by atoms with Crippen LogP contribution in [0.4, 0.5) is 13.2 Å². The topological polar surface area (TPSA) is 70.5 Å². The van der Waals surface area contributed by atoms with Gasteiger partial charge in [-0.15, -0.1) is 0 Å². The summed E-state index contributed by atoms with van der Waals surface area (Å²) in [5.41, 5.74) is 2.03. The van der Waals surface area contributed by atoms with Gasteiger partial charge in [0.2, 0.25) is 5.91 Å². The fraction of sp³-hybridized carbons (Fsp3) is 0.588. The molecule has 0 unspecified atom stereocenters. The minimum Gasteiger partial charge on any atom is -0.342 e. The van der Waals surface area contributed by atoms with Crippen molar-refractivity contribution in [3.8, 4) is 0 Å². The zero-order valence-corrected chi connectivity index (χ0v) is 14.7. The number of amides is 1. The Morgan fingerprint density at radius 3 is 2.69 bits per heavy atom. The van der Waals surface area contributed by atoms with E-state index >= 15 is 0 Å². The van der Waals surface area contributed by atoms with Gasteiger partial charge in [0, 0.05) is 36.1 Å². The molecule has 2 aromatic rings. The summed E-state index contributed by atoms with van der Waals surface area (Å²) in [5, 5.41) is 2.61. The Kier molecular flexibility index (Phi) is 4.81. The molecule has 0 aromatic carbocycles. The highest BCUT2D eigenvalue weighted by Gasteiger charge is 2.32. The number of nitrogens with zero attached hydrogens (tertiary/aromatic N) is 3. The number of alkyl halides is 3. The van der Waals surface area contributed by atoms with E-state index in [-0.39, 0.29) is 24.4 Å². The van der Waals surface area contributed by atoms with Crippen LogP contribution in [0.15, 0.2) is 10.9 Å². The zero-order valence-electron chi connectivity index (χ0n) is 14.7. The Morgan fingerprint density at radius 2 is 2.08 bits per heavy atom.